The van der Waals surface area contributed by atoms with Crippen molar-refractivity contribution in [3.05, 3.63) is 0 Å². The summed E-state index contributed by atoms with van der Waals surface area (Å²) in [5, 5.41) is 0. The molecule has 2 heteroatoms. The molecule has 2 rings (SSSR count). The Morgan fingerprint density at radius 3 is 2.46 bits per heavy atom. The Balaban J connectivity index is 1.99. The highest BCUT2D eigenvalue weighted by atomic mass is 16.1. The largest absolute Gasteiger partial charge is 0.302 e. The molecule has 1 aliphatic carbocycles. The number of fused-ring (bicyclic) bond motifs is 2. The van der Waals surface area contributed by atoms with Crippen molar-refractivity contribution >= 4 is 5.78 Å². The summed E-state index contributed by atoms with van der Waals surface area (Å²) in [4.78, 5) is 14.2. The molecule has 13 heavy (non-hydrogen) atoms. The minimum atomic E-state index is 0.388. The Labute approximate surface area is 80.3 Å². The van der Waals surface area contributed by atoms with Crippen molar-refractivity contribution in [2.75, 3.05) is 19.6 Å². The predicted octanol–water partition coefficient (Wildman–Crippen LogP) is 1.70. The van der Waals surface area contributed by atoms with Crippen LogP contribution in [0.3, 0.4) is 0 Å². The second-order valence-electron chi connectivity index (χ2n) is 4.49. The third kappa shape index (κ3) is 1.78. The molecule has 0 aromatic heterocycles. The highest BCUT2D eigenvalue weighted by Crippen LogP contribution is 2.31. The minimum absolute atomic E-state index is 0.388. The molecule has 0 unspecified atom stereocenters. The van der Waals surface area contributed by atoms with Crippen LogP contribution in [0.25, 0.3) is 0 Å². The second-order valence-corrected chi connectivity index (χ2v) is 4.49. The van der Waals surface area contributed by atoms with Gasteiger partial charge in [0, 0.05) is 24.9 Å². The number of nitrogens with zero attached hydrogens (tertiary/aromatic N) is 1. The van der Waals surface area contributed by atoms with Crippen molar-refractivity contribution in [1.82, 2.24) is 4.90 Å². The molecule has 1 saturated heterocycles. The molecular formula is C11H19NO. The molecule has 2 atom stereocenters. The van der Waals surface area contributed by atoms with Gasteiger partial charge in [0.15, 0.2) is 0 Å². The molecule has 0 aromatic rings. The zero-order valence-electron chi connectivity index (χ0n) is 8.46. The predicted molar refractivity (Wildman–Crippen MR) is 52.6 cm³/mol. The summed E-state index contributed by atoms with van der Waals surface area (Å²) in [6.07, 6.45) is 4.79. The monoisotopic (exact) mass is 181 g/mol. The number of hydrogen-bond donors (Lipinski definition) is 0. The summed E-state index contributed by atoms with van der Waals surface area (Å²) in [7, 11) is 0. The molecular weight excluding hydrogens is 162 g/mol. The summed E-state index contributed by atoms with van der Waals surface area (Å²) in [5.41, 5.74) is 0. The van der Waals surface area contributed by atoms with Gasteiger partial charge in [-0.25, -0.2) is 0 Å². The van der Waals surface area contributed by atoms with E-state index >= 15 is 0 Å². The fraction of sp³-hybridized carbons (Fsp3) is 0.909. The molecule has 2 nitrogen and oxygen atoms in total. The van der Waals surface area contributed by atoms with Gasteiger partial charge in [-0.1, -0.05) is 13.3 Å². The molecule has 1 heterocycles. The molecule has 0 radical (unpaired) electrons. The van der Waals surface area contributed by atoms with E-state index in [0.717, 1.165) is 25.9 Å². The molecule has 1 aliphatic heterocycles. The number of ketones is 1. The molecule has 0 spiro atoms. The number of likely N-dealkylation sites (tertiary alicyclic amines) is 1. The van der Waals surface area contributed by atoms with Crippen LogP contribution in [0.5, 0.6) is 0 Å². The number of piperidine rings is 1. The minimum Gasteiger partial charge on any atom is -0.302 e. The van der Waals surface area contributed by atoms with Crippen molar-refractivity contribution in [1.29, 1.82) is 0 Å². The lowest BCUT2D eigenvalue weighted by atomic mass is 9.76. The lowest BCUT2D eigenvalue weighted by molar-refractivity contribution is -0.134. The first kappa shape index (κ1) is 9.20. The van der Waals surface area contributed by atoms with Crippen LogP contribution >= 0.6 is 0 Å². The summed E-state index contributed by atoms with van der Waals surface area (Å²) in [6, 6.07) is 0. The maximum Gasteiger partial charge on any atom is 0.141 e. The van der Waals surface area contributed by atoms with Crippen LogP contribution in [-0.4, -0.2) is 30.3 Å². The number of carbonyl (C=O) groups excluding carboxylic acids is 1. The first-order chi connectivity index (χ1) is 6.31. The van der Waals surface area contributed by atoms with Crippen molar-refractivity contribution in [2.24, 2.45) is 11.8 Å². The maximum absolute atomic E-state index is 11.7. The van der Waals surface area contributed by atoms with E-state index in [-0.39, 0.29) is 0 Å². The van der Waals surface area contributed by atoms with E-state index in [1.54, 1.807) is 0 Å². The fourth-order valence-corrected chi connectivity index (χ4v) is 2.79. The quantitative estimate of drug-likeness (QED) is 0.646. The van der Waals surface area contributed by atoms with Crippen molar-refractivity contribution in [3.63, 3.8) is 0 Å². The van der Waals surface area contributed by atoms with E-state index in [4.69, 9.17) is 0 Å². The maximum atomic E-state index is 11.7. The molecule has 0 N–H and O–H groups in total. The summed E-state index contributed by atoms with van der Waals surface area (Å²) in [5.74, 6) is 1.34. The van der Waals surface area contributed by atoms with Gasteiger partial charge in [-0.15, -0.1) is 0 Å². The van der Waals surface area contributed by atoms with Gasteiger partial charge < -0.3 is 4.90 Å². The van der Waals surface area contributed by atoms with Crippen LogP contribution in [0.2, 0.25) is 0 Å². The Morgan fingerprint density at radius 1 is 1.31 bits per heavy atom. The molecule has 2 fully saturated rings. The number of hydrogen-bond acceptors (Lipinski definition) is 2. The van der Waals surface area contributed by atoms with Gasteiger partial charge in [0.2, 0.25) is 0 Å². The van der Waals surface area contributed by atoms with Gasteiger partial charge in [-0.2, -0.15) is 0 Å². The van der Waals surface area contributed by atoms with E-state index in [2.05, 4.69) is 11.8 Å². The fourth-order valence-electron chi connectivity index (χ4n) is 2.79. The van der Waals surface area contributed by atoms with Crippen LogP contribution in [0.1, 0.15) is 32.6 Å². The standard InChI is InChI=1S/C11H19NO/c1-2-6-12-7-9-4-3-5-10(8-12)11(9)13/h9-10H,2-8H2,1H3/t9-,10+. The summed E-state index contributed by atoms with van der Waals surface area (Å²) in [6.45, 7) is 5.48. The smallest absolute Gasteiger partial charge is 0.141 e. The van der Waals surface area contributed by atoms with Crippen LogP contribution in [0.15, 0.2) is 0 Å². The van der Waals surface area contributed by atoms with E-state index in [1.807, 2.05) is 0 Å². The normalized spacial score (nSPS) is 35.0. The van der Waals surface area contributed by atoms with E-state index in [1.165, 1.54) is 19.4 Å². The molecule has 0 aromatic carbocycles. The first-order valence-electron chi connectivity index (χ1n) is 5.57. The van der Waals surface area contributed by atoms with Gasteiger partial charge >= 0.3 is 0 Å². The molecule has 1 saturated carbocycles. The number of carbonyl (C=O) groups is 1. The topological polar surface area (TPSA) is 20.3 Å². The lowest BCUT2D eigenvalue weighted by Crippen LogP contribution is -2.49. The van der Waals surface area contributed by atoms with Crippen molar-refractivity contribution in [3.8, 4) is 0 Å². The van der Waals surface area contributed by atoms with Crippen LogP contribution < -0.4 is 0 Å². The van der Waals surface area contributed by atoms with Gasteiger partial charge in [-0.3, -0.25) is 4.79 Å². The third-order valence-electron chi connectivity index (χ3n) is 3.41. The summed E-state index contributed by atoms with van der Waals surface area (Å²) >= 11 is 0. The average Bonchev–Trinajstić information content (AvgIpc) is 2.07. The van der Waals surface area contributed by atoms with Crippen LogP contribution in [-0.2, 0) is 4.79 Å². The SMILES string of the molecule is CCCN1C[C@H]2CCC[C@@H](C1)C2=O. The van der Waals surface area contributed by atoms with Gasteiger partial charge in [0.25, 0.3) is 0 Å². The van der Waals surface area contributed by atoms with Gasteiger partial charge in [0.1, 0.15) is 5.78 Å². The highest BCUT2D eigenvalue weighted by molar-refractivity contribution is 5.85. The number of Topliss-reactive ketones (excluding diaryl/α,β-unsaturated/α-hetero) is 1. The lowest BCUT2D eigenvalue weighted by Gasteiger charge is -2.39. The highest BCUT2D eigenvalue weighted by Gasteiger charge is 2.37. The van der Waals surface area contributed by atoms with E-state index in [9.17, 15) is 4.79 Å². The Bertz CT molecular complexity index is 186. The van der Waals surface area contributed by atoms with Crippen LogP contribution in [0, 0.1) is 11.8 Å². The van der Waals surface area contributed by atoms with E-state index in [0.29, 0.717) is 17.6 Å². The van der Waals surface area contributed by atoms with Gasteiger partial charge in [-0.05, 0) is 25.8 Å². The molecule has 2 bridgehead atoms. The molecule has 2 aliphatic rings. The van der Waals surface area contributed by atoms with Crippen molar-refractivity contribution < 1.29 is 4.79 Å². The molecule has 0 amide bonds. The zero-order chi connectivity index (χ0) is 9.26. The van der Waals surface area contributed by atoms with Crippen LogP contribution in [0.4, 0.5) is 0 Å². The number of rotatable bonds is 2. The second kappa shape index (κ2) is 3.79. The Kier molecular flexibility index (Phi) is 2.68. The Hall–Kier alpha value is -0.370. The third-order valence-corrected chi connectivity index (χ3v) is 3.41. The summed E-state index contributed by atoms with van der Waals surface area (Å²) < 4.78 is 0. The average molecular weight is 181 g/mol. The molecule has 74 valence electrons. The van der Waals surface area contributed by atoms with Gasteiger partial charge in [0.05, 0.1) is 0 Å². The van der Waals surface area contributed by atoms with E-state index < -0.39 is 0 Å². The zero-order valence-corrected chi connectivity index (χ0v) is 8.46. The first-order valence-corrected chi connectivity index (χ1v) is 5.57. The van der Waals surface area contributed by atoms with Crippen molar-refractivity contribution in [2.45, 2.75) is 32.6 Å². The Morgan fingerprint density at radius 2 is 1.92 bits per heavy atom.